The normalized spacial score (nSPS) is 21.5. The number of carbonyl (C=O) groups is 4. The molecule has 3 heterocycles. The van der Waals surface area contributed by atoms with Crippen LogP contribution >= 0.6 is 22.9 Å². The number of ether oxygens (including phenoxy) is 5. The number of esters is 4. The molecule has 1 unspecified atom stereocenters. The van der Waals surface area contributed by atoms with Gasteiger partial charge in [-0.2, -0.15) is 4.39 Å². The van der Waals surface area contributed by atoms with Crippen molar-refractivity contribution in [3.63, 3.8) is 0 Å². The van der Waals surface area contributed by atoms with E-state index in [0.29, 0.717) is 17.0 Å². The standard InChI is InChI=1S/C30H29ClFNO9S/c1-15(34)38-14-24-28(39-16(2)35)30(41-18(4)37)29(40-17(3)36)27(42-24)19-5-8-23(31)21(11-19)12-22-7-9-25(43-22)20-6-10-26(32)33-13-20/h5-11,13,24,27-30H,12,14H2,1-4H3/t24-,27+,28-,29+,30?/m1/s1. The largest absolute Gasteiger partial charge is 0.463 e. The summed E-state index contributed by atoms with van der Waals surface area (Å²) in [4.78, 5) is 53.5. The fourth-order valence-electron chi connectivity index (χ4n) is 4.74. The average Bonchev–Trinajstić information content (AvgIpc) is 3.39. The van der Waals surface area contributed by atoms with Gasteiger partial charge in [0.1, 0.15) is 18.8 Å². The first-order valence-electron chi connectivity index (χ1n) is 13.2. The molecular weight excluding hydrogens is 605 g/mol. The zero-order valence-corrected chi connectivity index (χ0v) is 25.3. The number of nitrogens with zero attached hydrogens (tertiary/aromatic N) is 1. The Bertz CT molecular complexity index is 1490. The Kier molecular flexibility index (Phi) is 10.5. The minimum absolute atomic E-state index is 0.328. The summed E-state index contributed by atoms with van der Waals surface area (Å²) in [6, 6.07) is 11.9. The van der Waals surface area contributed by atoms with Gasteiger partial charge in [0.25, 0.3) is 0 Å². The van der Waals surface area contributed by atoms with Gasteiger partial charge in [-0.05, 0) is 41.5 Å². The van der Waals surface area contributed by atoms with Crippen molar-refractivity contribution >= 4 is 46.8 Å². The van der Waals surface area contributed by atoms with Crippen molar-refractivity contribution in [3.8, 4) is 10.4 Å². The summed E-state index contributed by atoms with van der Waals surface area (Å²) in [5.41, 5.74) is 2.02. The van der Waals surface area contributed by atoms with Gasteiger partial charge >= 0.3 is 23.9 Å². The van der Waals surface area contributed by atoms with Gasteiger partial charge in [-0.1, -0.05) is 23.7 Å². The Morgan fingerprint density at radius 3 is 2.19 bits per heavy atom. The highest BCUT2D eigenvalue weighted by Crippen LogP contribution is 2.39. The maximum Gasteiger partial charge on any atom is 0.303 e. The summed E-state index contributed by atoms with van der Waals surface area (Å²) in [6.45, 7) is 4.39. The van der Waals surface area contributed by atoms with Crippen molar-refractivity contribution in [2.75, 3.05) is 6.61 Å². The van der Waals surface area contributed by atoms with E-state index in [2.05, 4.69) is 4.98 Å². The zero-order valence-electron chi connectivity index (χ0n) is 23.7. The number of pyridine rings is 1. The van der Waals surface area contributed by atoms with Crippen LogP contribution in [0.1, 0.15) is 49.8 Å². The summed E-state index contributed by atoms with van der Waals surface area (Å²) >= 11 is 8.07. The Balaban J connectivity index is 1.70. The van der Waals surface area contributed by atoms with Crippen LogP contribution in [0, 0.1) is 5.95 Å². The van der Waals surface area contributed by atoms with Crippen LogP contribution in [0.2, 0.25) is 5.02 Å². The van der Waals surface area contributed by atoms with Gasteiger partial charge in [-0.15, -0.1) is 11.3 Å². The van der Waals surface area contributed by atoms with Crippen LogP contribution in [0.15, 0.2) is 48.7 Å². The molecule has 3 aromatic rings. The summed E-state index contributed by atoms with van der Waals surface area (Å²) in [6.07, 6.45) is -3.97. The highest BCUT2D eigenvalue weighted by Gasteiger charge is 2.52. The molecule has 0 saturated carbocycles. The average molecular weight is 634 g/mol. The number of thiophene rings is 1. The molecule has 0 amide bonds. The van der Waals surface area contributed by atoms with Crippen molar-refractivity contribution in [1.82, 2.24) is 4.98 Å². The van der Waals surface area contributed by atoms with E-state index in [9.17, 15) is 23.6 Å². The lowest BCUT2D eigenvalue weighted by atomic mass is 9.89. The number of halogens is 2. The molecule has 43 heavy (non-hydrogen) atoms. The maximum absolute atomic E-state index is 13.3. The molecule has 13 heteroatoms. The van der Waals surface area contributed by atoms with Crippen LogP contribution in [-0.4, -0.2) is 59.9 Å². The zero-order chi connectivity index (χ0) is 31.3. The number of aromatic nitrogens is 1. The van der Waals surface area contributed by atoms with E-state index in [1.807, 2.05) is 12.1 Å². The highest BCUT2D eigenvalue weighted by atomic mass is 35.5. The predicted octanol–water partition coefficient (Wildman–Crippen LogP) is 4.99. The monoisotopic (exact) mass is 633 g/mol. The second-order valence-corrected chi connectivity index (χ2v) is 11.4. The molecule has 2 aromatic heterocycles. The maximum atomic E-state index is 13.3. The first-order chi connectivity index (χ1) is 20.4. The lowest BCUT2D eigenvalue weighted by Gasteiger charge is -2.44. The Labute approximate surface area is 256 Å². The van der Waals surface area contributed by atoms with E-state index in [0.717, 1.165) is 27.8 Å². The molecule has 1 fully saturated rings. The van der Waals surface area contributed by atoms with Gasteiger partial charge in [0.2, 0.25) is 5.95 Å². The lowest BCUT2D eigenvalue weighted by Crippen LogP contribution is -2.59. The third kappa shape index (κ3) is 8.37. The molecule has 1 aromatic carbocycles. The lowest BCUT2D eigenvalue weighted by molar-refractivity contribution is -0.254. The fraction of sp³-hybridized carbons (Fsp3) is 0.367. The summed E-state index contributed by atoms with van der Waals surface area (Å²) in [5, 5.41) is 0.466. The molecule has 0 radical (unpaired) electrons. The number of hydrogen-bond donors (Lipinski definition) is 0. The van der Waals surface area contributed by atoms with Crippen molar-refractivity contribution in [1.29, 1.82) is 0 Å². The second-order valence-electron chi connectivity index (χ2n) is 9.78. The van der Waals surface area contributed by atoms with E-state index in [4.69, 9.17) is 35.3 Å². The molecule has 228 valence electrons. The topological polar surface area (TPSA) is 127 Å². The van der Waals surface area contributed by atoms with Crippen molar-refractivity contribution in [2.45, 2.75) is 64.6 Å². The first kappa shape index (κ1) is 32.1. The quantitative estimate of drug-likeness (QED) is 0.181. The molecular formula is C30H29ClFNO9S. The van der Waals surface area contributed by atoms with E-state index in [-0.39, 0.29) is 6.61 Å². The third-order valence-corrected chi connectivity index (χ3v) is 7.93. The van der Waals surface area contributed by atoms with Crippen molar-refractivity contribution < 1.29 is 47.3 Å². The number of benzene rings is 1. The molecule has 0 N–H and O–H groups in total. The SMILES string of the molecule is CC(=O)OC[C@H]1O[C@@H](c2ccc(Cl)c(Cc3ccc(-c4ccc(F)nc4)s3)c2)[C@H](OC(C)=O)C(OC(C)=O)[C@@H]1OC(C)=O. The second kappa shape index (κ2) is 14.1. The molecule has 1 aliphatic rings. The van der Waals surface area contributed by atoms with Crippen LogP contribution in [-0.2, 0) is 49.3 Å². The van der Waals surface area contributed by atoms with Gasteiger partial charge in [0.15, 0.2) is 18.3 Å². The summed E-state index contributed by atoms with van der Waals surface area (Å²) in [5.74, 6) is -3.28. The summed E-state index contributed by atoms with van der Waals surface area (Å²) in [7, 11) is 0. The Hall–Kier alpha value is -3.87. The van der Waals surface area contributed by atoms with Gasteiger partial charge < -0.3 is 23.7 Å². The summed E-state index contributed by atoms with van der Waals surface area (Å²) < 4.78 is 41.3. The Morgan fingerprint density at radius 1 is 0.884 bits per heavy atom. The number of hydrogen-bond acceptors (Lipinski definition) is 11. The first-order valence-corrected chi connectivity index (χ1v) is 14.4. The number of carbonyl (C=O) groups excluding carboxylic acids is 4. The molecule has 5 atom stereocenters. The van der Waals surface area contributed by atoms with Crippen LogP contribution in [0.25, 0.3) is 10.4 Å². The van der Waals surface area contributed by atoms with Gasteiger partial charge in [0, 0.05) is 60.7 Å². The van der Waals surface area contributed by atoms with E-state index in [1.165, 1.54) is 44.4 Å². The van der Waals surface area contributed by atoms with Crippen LogP contribution < -0.4 is 0 Å². The molecule has 10 nitrogen and oxygen atoms in total. The van der Waals surface area contributed by atoms with Gasteiger partial charge in [0.05, 0.1) is 0 Å². The van der Waals surface area contributed by atoms with Gasteiger partial charge in [-0.3, -0.25) is 19.2 Å². The minimum Gasteiger partial charge on any atom is -0.463 e. The highest BCUT2D eigenvalue weighted by molar-refractivity contribution is 7.15. The molecule has 0 aliphatic carbocycles. The smallest absolute Gasteiger partial charge is 0.303 e. The van der Waals surface area contributed by atoms with Crippen molar-refractivity contribution in [3.05, 3.63) is 75.6 Å². The van der Waals surface area contributed by atoms with Gasteiger partial charge in [-0.25, -0.2) is 4.98 Å². The van der Waals surface area contributed by atoms with E-state index < -0.39 is 60.3 Å². The third-order valence-electron chi connectivity index (χ3n) is 6.43. The van der Waals surface area contributed by atoms with Crippen LogP contribution in [0.3, 0.4) is 0 Å². The fourth-order valence-corrected chi connectivity index (χ4v) is 5.95. The molecule has 0 bridgehead atoms. The minimum atomic E-state index is -1.28. The van der Waals surface area contributed by atoms with Crippen molar-refractivity contribution in [2.24, 2.45) is 0 Å². The van der Waals surface area contributed by atoms with E-state index >= 15 is 0 Å². The predicted molar refractivity (Wildman–Crippen MR) is 153 cm³/mol. The molecule has 1 aliphatic heterocycles. The molecule has 0 spiro atoms. The van der Waals surface area contributed by atoms with E-state index in [1.54, 1.807) is 24.3 Å². The molecule has 1 saturated heterocycles. The number of rotatable bonds is 9. The van der Waals surface area contributed by atoms with Crippen LogP contribution in [0.4, 0.5) is 4.39 Å². The molecule has 4 rings (SSSR count). The Morgan fingerprint density at radius 2 is 1.56 bits per heavy atom. The van der Waals surface area contributed by atoms with Crippen LogP contribution in [0.5, 0.6) is 0 Å².